The summed E-state index contributed by atoms with van der Waals surface area (Å²) < 4.78 is 0. The molecule has 5 heteroatoms. The molecular weight excluding hydrogens is 288 g/mol. The summed E-state index contributed by atoms with van der Waals surface area (Å²) in [6.07, 6.45) is 0.939. The van der Waals surface area contributed by atoms with E-state index in [9.17, 15) is 9.59 Å². The standard InChI is InChI=1S/C16H23ClN2O2/c1-4-19(5-2)16(21)12-18(3)15(20)11-10-13-8-6-7-9-14(13)17/h6-9H,4-5,10-12H2,1-3H3. The number of rotatable bonds is 7. The SMILES string of the molecule is CCN(CC)C(=O)CN(C)C(=O)CCc1ccccc1Cl. The topological polar surface area (TPSA) is 40.6 Å². The molecule has 0 aromatic heterocycles. The number of amides is 2. The molecule has 1 aromatic rings. The Bertz CT molecular complexity index is 487. The Hall–Kier alpha value is -1.55. The van der Waals surface area contributed by atoms with Gasteiger partial charge in [0, 0.05) is 31.6 Å². The molecule has 4 nitrogen and oxygen atoms in total. The zero-order valence-corrected chi connectivity index (χ0v) is 13.7. The number of carbonyl (C=O) groups is 2. The van der Waals surface area contributed by atoms with Crippen molar-refractivity contribution >= 4 is 23.4 Å². The van der Waals surface area contributed by atoms with Crippen LogP contribution in [-0.2, 0) is 16.0 Å². The Morgan fingerprint density at radius 2 is 1.71 bits per heavy atom. The van der Waals surface area contributed by atoms with Crippen LogP contribution in [0.2, 0.25) is 5.02 Å². The minimum atomic E-state index is -0.0459. The van der Waals surface area contributed by atoms with Crippen LogP contribution in [0.4, 0.5) is 0 Å². The van der Waals surface area contributed by atoms with Crippen LogP contribution in [0.1, 0.15) is 25.8 Å². The fourth-order valence-electron chi connectivity index (χ4n) is 2.10. The van der Waals surface area contributed by atoms with Crippen LogP contribution >= 0.6 is 11.6 Å². The molecule has 1 aromatic carbocycles. The van der Waals surface area contributed by atoms with Crippen molar-refractivity contribution in [2.45, 2.75) is 26.7 Å². The van der Waals surface area contributed by atoms with Crippen molar-refractivity contribution < 1.29 is 9.59 Å². The number of benzene rings is 1. The van der Waals surface area contributed by atoms with Gasteiger partial charge in [0.2, 0.25) is 11.8 Å². The van der Waals surface area contributed by atoms with Crippen LogP contribution in [0.5, 0.6) is 0 Å². The van der Waals surface area contributed by atoms with Gasteiger partial charge >= 0.3 is 0 Å². The Kier molecular flexibility index (Phi) is 7.23. The van der Waals surface area contributed by atoms with Gasteiger partial charge < -0.3 is 9.80 Å². The molecule has 2 amide bonds. The number of hydrogen-bond donors (Lipinski definition) is 0. The van der Waals surface area contributed by atoms with Gasteiger partial charge in [-0.25, -0.2) is 0 Å². The predicted molar refractivity (Wildman–Crippen MR) is 85.3 cm³/mol. The van der Waals surface area contributed by atoms with E-state index in [0.29, 0.717) is 31.0 Å². The summed E-state index contributed by atoms with van der Waals surface area (Å²) in [5.74, 6) is -0.0657. The van der Waals surface area contributed by atoms with Gasteiger partial charge in [0.15, 0.2) is 0 Å². The number of hydrogen-bond acceptors (Lipinski definition) is 2. The summed E-state index contributed by atoms with van der Waals surface area (Å²) in [6.45, 7) is 5.32. The van der Waals surface area contributed by atoms with Gasteiger partial charge in [0.1, 0.15) is 0 Å². The summed E-state index contributed by atoms with van der Waals surface area (Å²) in [5, 5.41) is 0.673. The van der Waals surface area contributed by atoms with Crippen molar-refractivity contribution in [3.63, 3.8) is 0 Å². The van der Waals surface area contributed by atoms with E-state index in [1.165, 1.54) is 4.90 Å². The molecule has 116 valence electrons. The van der Waals surface area contributed by atoms with Gasteiger partial charge in [0.05, 0.1) is 6.54 Å². The van der Waals surface area contributed by atoms with Gasteiger partial charge in [-0.15, -0.1) is 0 Å². The van der Waals surface area contributed by atoms with Crippen LogP contribution in [0, 0.1) is 0 Å². The van der Waals surface area contributed by atoms with E-state index in [1.807, 2.05) is 38.1 Å². The number of nitrogens with zero attached hydrogens (tertiary/aromatic N) is 2. The second-order valence-corrected chi connectivity index (χ2v) is 5.31. The van der Waals surface area contributed by atoms with Gasteiger partial charge in [-0.2, -0.15) is 0 Å². The second kappa shape index (κ2) is 8.67. The molecule has 0 saturated carbocycles. The van der Waals surface area contributed by atoms with E-state index in [0.717, 1.165) is 5.56 Å². The van der Waals surface area contributed by atoms with Crippen molar-refractivity contribution in [2.75, 3.05) is 26.7 Å². The van der Waals surface area contributed by atoms with E-state index in [-0.39, 0.29) is 18.4 Å². The molecule has 0 aliphatic rings. The van der Waals surface area contributed by atoms with Crippen molar-refractivity contribution in [2.24, 2.45) is 0 Å². The van der Waals surface area contributed by atoms with Crippen LogP contribution < -0.4 is 0 Å². The highest BCUT2D eigenvalue weighted by Crippen LogP contribution is 2.16. The molecule has 0 fully saturated rings. The first-order chi connectivity index (χ1) is 9.99. The van der Waals surface area contributed by atoms with Gasteiger partial charge in [-0.1, -0.05) is 29.8 Å². The van der Waals surface area contributed by atoms with E-state index in [4.69, 9.17) is 11.6 Å². The highest BCUT2D eigenvalue weighted by Gasteiger charge is 2.16. The fourth-order valence-corrected chi connectivity index (χ4v) is 2.33. The van der Waals surface area contributed by atoms with Crippen LogP contribution in [0.15, 0.2) is 24.3 Å². The van der Waals surface area contributed by atoms with E-state index in [2.05, 4.69) is 0 Å². The van der Waals surface area contributed by atoms with Gasteiger partial charge in [-0.05, 0) is 31.9 Å². The van der Waals surface area contributed by atoms with E-state index < -0.39 is 0 Å². The fraction of sp³-hybridized carbons (Fsp3) is 0.500. The number of carbonyl (C=O) groups excluding carboxylic acids is 2. The maximum Gasteiger partial charge on any atom is 0.242 e. The Morgan fingerprint density at radius 3 is 2.29 bits per heavy atom. The Morgan fingerprint density at radius 1 is 1.10 bits per heavy atom. The third-order valence-corrected chi connectivity index (χ3v) is 3.85. The lowest BCUT2D eigenvalue weighted by atomic mass is 10.1. The third-order valence-electron chi connectivity index (χ3n) is 3.48. The first kappa shape index (κ1) is 17.5. The summed E-state index contributed by atoms with van der Waals surface area (Å²) in [7, 11) is 1.66. The van der Waals surface area contributed by atoms with Gasteiger partial charge in [-0.3, -0.25) is 9.59 Å². The zero-order chi connectivity index (χ0) is 15.8. The Balaban J connectivity index is 2.48. The van der Waals surface area contributed by atoms with Crippen LogP contribution in [0.3, 0.4) is 0 Å². The molecule has 1 rings (SSSR count). The molecule has 0 atom stereocenters. The third kappa shape index (κ3) is 5.38. The van der Waals surface area contributed by atoms with Crippen molar-refractivity contribution in [3.8, 4) is 0 Å². The smallest absolute Gasteiger partial charge is 0.242 e. The van der Waals surface area contributed by atoms with Crippen LogP contribution in [0.25, 0.3) is 0 Å². The minimum absolute atomic E-state index is 0.0198. The number of likely N-dealkylation sites (N-methyl/N-ethyl adjacent to an activating group) is 2. The average Bonchev–Trinajstić information content (AvgIpc) is 2.47. The molecule has 0 heterocycles. The van der Waals surface area contributed by atoms with E-state index >= 15 is 0 Å². The molecule has 21 heavy (non-hydrogen) atoms. The monoisotopic (exact) mass is 310 g/mol. The Labute approximate surface area is 131 Å². The molecule has 0 aliphatic heterocycles. The largest absolute Gasteiger partial charge is 0.342 e. The minimum Gasteiger partial charge on any atom is -0.342 e. The van der Waals surface area contributed by atoms with Crippen molar-refractivity contribution in [1.82, 2.24) is 9.80 Å². The molecule has 0 saturated heterocycles. The lowest BCUT2D eigenvalue weighted by Gasteiger charge is -2.23. The molecule has 0 spiro atoms. The van der Waals surface area contributed by atoms with Gasteiger partial charge in [0.25, 0.3) is 0 Å². The first-order valence-corrected chi connectivity index (χ1v) is 7.62. The predicted octanol–water partition coefficient (Wildman–Crippen LogP) is 2.60. The zero-order valence-electron chi connectivity index (χ0n) is 12.9. The maximum absolute atomic E-state index is 12.1. The number of halogens is 1. The van der Waals surface area contributed by atoms with Crippen molar-refractivity contribution in [1.29, 1.82) is 0 Å². The normalized spacial score (nSPS) is 10.3. The quantitative estimate of drug-likeness (QED) is 0.776. The molecule has 0 N–H and O–H groups in total. The summed E-state index contributed by atoms with van der Waals surface area (Å²) in [6, 6.07) is 7.49. The molecule has 0 radical (unpaired) electrons. The molecule has 0 aliphatic carbocycles. The first-order valence-electron chi connectivity index (χ1n) is 7.24. The lowest BCUT2D eigenvalue weighted by molar-refractivity contribution is -0.139. The highest BCUT2D eigenvalue weighted by atomic mass is 35.5. The van der Waals surface area contributed by atoms with E-state index in [1.54, 1.807) is 11.9 Å². The van der Waals surface area contributed by atoms with Crippen LogP contribution in [-0.4, -0.2) is 48.3 Å². The highest BCUT2D eigenvalue weighted by molar-refractivity contribution is 6.31. The maximum atomic E-state index is 12.1. The molecule has 0 unspecified atom stereocenters. The summed E-state index contributed by atoms with van der Waals surface area (Å²) in [5.41, 5.74) is 0.955. The number of aryl methyl sites for hydroxylation is 1. The average molecular weight is 311 g/mol. The summed E-state index contributed by atoms with van der Waals surface area (Å²) >= 11 is 6.07. The summed E-state index contributed by atoms with van der Waals surface area (Å²) in [4.78, 5) is 27.2. The molecular formula is C16H23ClN2O2. The van der Waals surface area contributed by atoms with Crippen molar-refractivity contribution in [3.05, 3.63) is 34.9 Å². The second-order valence-electron chi connectivity index (χ2n) is 4.91. The lowest BCUT2D eigenvalue weighted by Crippen LogP contribution is -2.41. The molecule has 0 bridgehead atoms.